The average molecular weight is 357 g/mol. The molecule has 0 atom stereocenters. The second-order valence-electron chi connectivity index (χ2n) is 5.30. The predicted octanol–water partition coefficient (Wildman–Crippen LogP) is 3.44. The van der Waals surface area contributed by atoms with Crippen molar-refractivity contribution >= 4 is 23.6 Å². The number of para-hydroxylation sites is 1. The van der Waals surface area contributed by atoms with Gasteiger partial charge in [-0.15, -0.1) is 0 Å². The van der Waals surface area contributed by atoms with Crippen LogP contribution in [0.25, 0.3) is 6.08 Å². The number of anilines is 1. The van der Waals surface area contributed by atoms with Crippen molar-refractivity contribution in [2.24, 2.45) is 0 Å². The van der Waals surface area contributed by atoms with Gasteiger partial charge in [-0.2, -0.15) is 0 Å². The van der Waals surface area contributed by atoms with Gasteiger partial charge in [-0.3, -0.25) is 4.79 Å². The molecular formula is C20H20FNO4. The molecule has 5 nitrogen and oxygen atoms in total. The maximum Gasteiger partial charge on any atom is 0.331 e. The third-order valence-electron chi connectivity index (χ3n) is 3.63. The molecular weight excluding hydrogens is 337 g/mol. The fourth-order valence-corrected chi connectivity index (χ4v) is 2.34. The highest BCUT2D eigenvalue weighted by Gasteiger charge is 2.15. The average Bonchev–Trinajstić information content (AvgIpc) is 2.67. The number of amides is 1. The van der Waals surface area contributed by atoms with Crippen molar-refractivity contribution in [2.45, 2.75) is 6.92 Å². The van der Waals surface area contributed by atoms with Crippen LogP contribution in [0.1, 0.15) is 12.5 Å². The van der Waals surface area contributed by atoms with Crippen LogP contribution < -0.4 is 9.64 Å². The number of benzene rings is 2. The second kappa shape index (κ2) is 9.36. The molecule has 2 aromatic rings. The van der Waals surface area contributed by atoms with Gasteiger partial charge in [0.15, 0.2) is 6.61 Å². The molecule has 0 spiro atoms. The fourth-order valence-electron chi connectivity index (χ4n) is 2.34. The highest BCUT2D eigenvalue weighted by atomic mass is 19.1. The number of likely N-dealkylation sites (N-methyl/N-ethyl adjacent to an activating group) is 1. The second-order valence-corrected chi connectivity index (χ2v) is 5.30. The molecule has 136 valence electrons. The Kier molecular flexibility index (Phi) is 6.91. The summed E-state index contributed by atoms with van der Waals surface area (Å²) in [5.74, 6) is -0.788. The molecule has 0 aliphatic rings. The summed E-state index contributed by atoms with van der Waals surface area (Å²) in [6.45, 7) is 1.75. The number of rotatable bonds is 7. The van der Waals surface area contributed by atoms with Gasteiger partial charge in [-0.1, -0.05) is 18.2 Å². The Morgan fingerprint density at radius 1 is 1.12 bits per heavy atom. The van der Waals surface area contributed by atoms with E-state index in [1.165, 1.54) is 35.2 Å². The Morgan fingerprint density at radius 3 is 2.46 bits per heavy atom. The van der Waals surface area contributed by atoms with E-state index >= 15 is 0 Å². The molecule has 0 aliphatic heterocycles. The van der Waals surface area contributed by atoms with Crippen LogP contribution in [0.5, 0.6) is 5.75 Å². The summed E-state index contributed by atoms with van der Waals surface area (Å²) in [6, 6.07) is 12.7. The lowest BCUT2D eigenvalue weighted by molar-refractivity contribution is -0.142. The predicted molar refractivity (Wildman–Crippen MR) is 97.4 cm³/mol. The monoisotopic (exact) mass is 357 g/mol. The van der Waals surface area contributed by atoms with Crippen LogP contribution in [-0.2, 0) is 14.3 Å². The van der Waals surface area contributed by atoms with E-state index < -0.39 is 18.5 Å². The minimum Gasteiger partial charge on any atom is -0.496 e. The number of hydrogen-bond acceptors (Lipinski definition) is 4. The van der Waals surface area contributed by atoms with Gasteiger partial charge in [0.1, 0.15) is 11.6 Å². The van der Waals surface area contributed by atoms with E-state index in [0.29, 0.717) is 18.0 Å². The number of ether oxygens (including phenoxy) is 2. The molecule has 0 aliphatic carbocycles. The third kappa shape index (κ3) is 5.17. The van der Waals surface area contributed by atoms with Crippen molar-refractivity contribution < 1.29 is 23.5 Å². The molecule has 0 N–H and O–H groups in total. The van der Waals surface area contributed by atoms with Crippen LogP contribution in [-0.4, -0.2) is 32.1 Å². The number of hydrogen-bond donors (Lipinski definition) is 0. The maximum absolute atomic E-state index is 13.0. The Hall–Kier alpha value is -3.15. The summed E-state index contributed by atoms with van der Waals surface area (Å²) in [4.78, 5) is 25.5. The summed E-state index contributed by atoms with van der Waals surface area (Å²) in [7, 11) is 1.54. The van der Waals surface area contributed by atoms with Crippen LogP contribution in [0, 0.1) is 5.82 Å². The molecule has 0 radical (unpaired) electrons. The van der Waals surface area contributed by atoms with Gasteiger partial charge in [0.25, 0.3) is 5.91 Å². The molecule has 0 fully saturated rings. The number of nitrogens with zero attached hydrogens (tertiary/aromatic N) is 1. The van der Waals surface area contributed by atoms with E-state index in [1.807, 2.05) is 12.1 Å². The minimum atomic E-state index is -0.639. The summed E-state index contributed by atoms with van der Waals surface area (Å²) >= 11 is 0. The van der Waals surface area contributed by atoms with E-state index in [2.05, 4.69) is 0 Å². The molecule has 0 saturated heterocycles. The topological polar surface area (TPSA) is 55.8 Å². The van der Waals surface area contributed by atoms with E-state index in [1.54, 1.807) is 32.2 Å². The van der Waals surface area contributed by atoms with Gasteiger partial charge >= 0.3 is 5.97 Å². The van der Waals surface area contributed by atoms with Gasteiger partial charge in [0.05, 0.1) is 7.11 Å². The Morgan fingerprint density at radius 2 is 1.81 bits per heavy atom. The zero-order valence-corrected chi connectivity index (χ0v) is 14.6. The quantitative estimate of drug-likeness (QED) is 0.563. The van der Waals surface area contributed by atoms with E-state index in [0.717, 1.165) is 5.56 Å². The smallest absolute Gasteiger partial charge is 0.331 e. The highest BCUT2D eigenvalue weighted by Crippen LogP contribution is 2.18. The van der Waals surface area contributed by atoms with Crippen LogP contribution in [0.3, 0.4) is 0 Å². The molecule has 1 amide bonds. The van der Waals surface area contributed by atoms with E-state index in [4.69, 9.17) is 9.47 Å². The van der Waals surface area contributed by atoms with Gasteiger partial charge < -0.3 is 14.4 Å². The summed E-state index contributed by atoms with van der Waals surface area (Å²) in [5, 5.41) is 0. The first-order valence-electron chi connectivity index (χ1n) is 8.09. The van der Waals surface area contributed by atoms with E-state index in [-0.39, 0.29) is 5.82 Å². The largest absolute Gasteiger partial charge is 0.496 e. The van der Waals surface area contributed by atoms with Crippen molar-refractivity contribution in [3.8, 4) is 5.75 Å². The van der Waals surface area contributed by atoms with Crippen molar-refractivity contribution in [1.82, 2.24) is 0 Å². The zero-order valence-electron chi connectivity index (χ0n) is 14.6. The lowest BCUT2D eigenvalue weighted by Gasteiger charge is -2.20. The lowest BCUT2D eigenvalue weighted by atomic mass is 10.2. The van der Waals surface area contributed by atoms with Crippen molar-refractivity contribution in [3.63, 3.8) is 0 Å². The summed E-state index contributed by atoms with van der Waals surface area (Å²) in [6.07, 6.45) is 2.79. The number of carbonyl (C=O) groups excluding carboxylic acids is 2. The van der Waals surface area contributed by atoms with Gasteiger partial charge in [0.2, 0.25) is 0 Å². The first-order chi connectivity index (χ1) is 12.5. The molecule has 6 heteroatoms. The highest BCUT2D eigenvalue weighted by molar-refractivity contribution is 5.96. The fraction of sp³-hybridized carbons (Fsp3) is 0.200. The molecule has 0 heterocycles. The number of halogens is 1. The normalized spacial score (nSPS) is 10.6. The van der Waals surface area contributed by atoms with Gasteiger partial charge in [0, 0.05) is 23.9 Å². The first kappa shape index (κ1) is 19.2. The number of carbonyl (C=O) groups is 2. The molecule has 0 aromatic heterocycles. The Balaban J connectivity index is 1.94. The number of esters is 1. The number of methoxy groups -OCH3 is 1. The van der Waals surface area contributed by atoms with E-state index in [9.17, 15) is 14.0 Å². The van der Waals surface area contributed by atoms with Crippen LogP contribution in [0.4, 0.5) is 10.1 Å². The molecule has 0 bridgehead atoms. The third-order valence-corrected chi connectivity index (χ3v) is 3.63. The van der Waals surface area contributed by atoms with Crippen molar-refractivity contribution in [2.75, 3.05) is 25.2 Å². The molecule has 26 heavy (non-hydrogen) atoms. The van der Waals surface area contributed by atoms with Crippen LogP contribution in [0.15, 0.2) is 54.6 Å². The Bertz CT molecular complexity index is 787. The summed E-state index contributed by atoms with van der Waals surface area (Å²) < 4.78 is 23.2. The van der Waals surface area contributed by atoms with Gasteiger partial charge in [-0.05, 0) is 43.3 Å². The molecule has 0 unspecified atom stereocenters. The van der Waals surface area contributed by atoms with Crippen LogP contribution in [0.2, 0.25) is 0 Å². The van der Waals surface area contributed by atoms with Crippen LogP contribution >= 0.6 is 0 Å². The maximum atomic E-state index is 13.0. The molecule has 0 saturated carbocycles. The molecule has 2 aromatic carbocycles. The standard InChI is InChI=1S/C20H20FNO4/c1-3-22(17-11-9-16(21)10-12-17)19(23)14-26-20(24)13-8-15-6-4-5-7-18(15)25-2/h4-13H,3,14H2,1-2H3/b13-8+. The Labute approximate surface area is 151 Å². The lowest BCUT2D eigenvalue weighted by Crippen LogP contribution is -2.34. The molecule has 2 rings (SSSR count). The minimum absolute atomic E-state index is 0.374. The summed E-state index contributed by atoms with van der Waals surface area (Å²) in [5.41, 5.74) is 1.26. The zero-order chi connectivity index (χ0) is 18.9. The van der Waals surface area contributed by atoms with Crippen molar-refractivity contribution in [3.05, 3.63) is 66.0 Å². The van der Waals surface area contributed by atoms with Crippen molar-refractivity contribution in [1.29, 1.82) is 0 Å². The van der Waals surface area contributed by atoms with Gasteiger partial charge in [-0.25, -0.2) is 9.18 Å². The SMILES string of the molecule is CCN(C(=O)COC(=O)/C=C/c1ccccc1OC)c1ccc(F)cc1. The first-order valence-corrected chi connectivity index (χ1v) is 8.09.